The summed E-state index contributed by atoms with van der Waals surface area (Å²) in [4.78, 5) is 18.4. The van der Waals surface area contributed by atoms with Crippen LogP contribution in [0.3, 0.4) is 0 Å². The molecule has 1 aromatic heterocycles. The summed E-state index contributed by atoms with van der Waals surface area (Å²) in [5.41, 5.74) is 1.14. The van der Waals surface area contributed by atoms with Crippen molar-refractivity contribution in [1.82, 2.24) is 15.1 Å². The second-order valence-corrected chi connectivity index (χ2v) is 9.01. The van der Waals surface area contributed by atoms with Crippen molar-refractivity contribution in [2.24, 2.45) is 0 Å². The van der Waals surface area contributed by atoms with E-state index in [0.717, 1.165) is 38.3 Å². The van der Waals surface area contributed by atoms with E-state index in [4.69, 9.17) is 0 Å². The molecule has 1 N–H and O–H groups in total. The molecule has 0 unspecified atom stereocenters. The predicted molar refractivity (Wildman–Crippen MR) is 107 cm³/mol. The zero-order chi connectivity index (χ0) is 17.6. The summed E-state index contributed by atoms with van der Waals surface area (Å²) in [7, 11) is 0. The van der Waals surface area contributed by atoms with E-state index in [9.17, 15) is 4.79 Å². The van der Waals surface area contributed by atoms with Crippen LogP contribution >= 0.6 is 27.3 Å². The van der Waals surface area contributed by atoms with Gasteiger partial charge in [-0.2, -0.15) is 0 Å². The Balaban J connectivity index is 1.40. The van der Waals surface area contributed by atoms with E-state index in [1.807, 2.05) is 37.3 Å². The summed E-state index contributed by atoms with van der Waals surface area (Å²) < 4.78 is 1.19. The maximum atomic E-state index is 12.3. The highest BCUT2D eigenvalue weighted by molar-refractivity contribution is 9.11. The minimum Gasteiger partial charge on any atom is -0.348 e. The standard InChI is InChI=1S/C19H24BrN3OS/c1-15(16-5-3-2-4-6-16)21-19(24)14-23-11-9-22(10-12-23)13-17-7-8-18(20)25-17/h2-8,15H,9-14H2,1H3,(H,21,24)/t15-/m0/s1. The maximum Gasteiger partial charge on any atom is 0.234 e. The van der Waals surface area contributed by atoms with Crippen molar-refractivity contribution in [2.75, 3.05) is 32.7 Å². The van der Waals surface area contributed by atoms with Gasteiger partial charge in [-0.25, -0.2) is 0 Å². The van der Waals surface area contributed by atoms with Gasteiger partial charge < -0.3 is 5.32 Å². The number of piperazine rings is 1. The number of rotatable bonds is 6. The van der Waals surface area contributed by atoms with Gasteiger partial charge in [0, 0.05) is 37.6 Å². The molecule has 0 spiro atoms. The first-order chi connectivity index (χ1) is 12.1. The predicted octanol–water partition coefficient (Wildman–Crippen LogP) is 3.51. The zero-order valence-corrected chi connectivity index (χ0v) is 16.9. The summed E-state index contributed by atoms with van der Waals surface area (Å²) >= 11 is 5.31. The summed E-state index contributed by atoms with van der Waals surface area (Å²) in [6.07, 6.45) is 0. The number of nitrogens with zero attached hydrogens (tertiary/aromatic N) is 2. The van der Waals surface area contributed by atoms with E-state index in [1.165, 1.54) is 8.66 Å². The maximum absolute atomic E-state index is 12.3. The Morgan fingerprint density at radius 1 is 1.12 bits per heavy atom. The molecule has 0 bridgehead atoms. The Labute approximate surface area is 162 Å². The fraction of sp³-hybridized carbons (Fsp3) is 0.421. The SMILES string of the molecule is C[C@H](NC(=O)CN1CCN(Cc2ccc(Br)s2)CC1)c1ccccc1. The van der Waals surface area contributed by atoms with Crippen molar-refractivity contribution < 1.29 is 4.79 Å². The van der Waals surface area contributed by atoms with Gasteiger partial charge in [-0.3, -0.25) is 14.6 Å². The molecule has 25 heavy (non-hydrogen) atoms. The number of carbonyl (C=O) groups is 1. The van der Waals surface area contributed by atoms with Gasteiger partial charge in [0.1, 0.15) is 0 Å². The third-order valence-corrected chi connectivity index (χ3v) is 6.13. The summed E-state index contributed by atoms with van der Waals surface area (Å²) in [6.45, 7) is 7.43. The topological polar surface area (TPSA) is 35.6 Å². The molecule has 1 fully saturated rings. The second-order valence-electron chi connectivity index (χ2n) is 6.46. The molecule has 1 saturated heterocycles. The van der Waals surface area contributed by atoms with Gasteiger partial charge in [-0.05, 0) is 40.5 Å². The average molecular weight is 422 g/mol. The number of hydrogen-bond donors (Lipinski definition) is 1. The smallest absolute Gasteiger partial charge is 0.234 e. The molecule has 2 aromatic rings. The quantitative estimate of drug-likeness (QED) is 0.774. The van der Waals surface area contributed by atoms with Crippen LogP contribution in [0, 0.1) is 0 Å². The monoisotopic (exact) mass is 421 g/mol. The van der Waals surface area contributed by atoms with Crippen molar-refractivity contribution in [3.63, 3.8) is 0 Å². The molecule has 1 aliphatic heterocycles. The zero-order valence-electron chi connectivity index (χ0n) is 14.5. The Kier molecular flexibility index (Phi) is 6.64. The van der Waals surface area contributed by atoms with E-state index < -0.39 is 0 Å². The van der Waals surface area contributed by atoms with E-state index in [1.54, 1.807) is 11.3 Å². The van der Waals surface area contributed by atoms with Crippen LogP contribution in [0.5, 0.6) is 0 Å². The Morgan fingerprint density at radius 3 is 2.44 bits per heavy atom. The van der Waals surface area contributed by atoms with E-state index >= 15 is 0 Å². The van der Waals surface area contributed by atoms with Crippen LogP contribution in [0.4, 0.5) is 0 Å². The largest absolute Gasteiger partial charge is 0.348 e. The number of amides is 1. The second kappa shape index (κ2) is 8.94. The summed E-state index contributed by atoms with van der Waals surface area (Å²) in [5, 5.41) is 3.10. The van der Waals surface area contributed by atoms with Crippen LogP contribution < -0.4 is 5.32 Å². The first kappa shape index (κ1) is 18.6. The number of halogens is 1. The lowest BCUT2D eigenvalue weighted by molar-refractivity contribution is -0.123. The third-order valence-electron chi connectivity index (χ3n) is 4.52. The summed E-state index contributed by atoms with van der Waals surface area (Å²) in [5.74, 6) is 0.104. The Hall–Kier alpha value is -1.21. The lowest BCUT2D eigenvalue weighted by Gasteiger charge is -2.34. The minimum absolute atomic E-state index is 0.0484. The van der Waals surface area contributed by atoms with Gasteiger partial charge in [0.15, 0.2) is 0 Å². The van der Waals surface area contributed by atoms with Crippen molar-refractivity contribution in [2.45, 2.75) is 19.5 Å². The molecule has 0 aliphatic carbocycles. The molecule has 1 amide bonds. The van der Waals surface area contributed by atoms with Crippen LogP contribution in [-0.2, 0) is 11.3 Å². The van der Waals surface area contributed by atoms with Crippen LogP contribution in [0.15, 0.2) is 46.3 Å². The number of hydrogen-bond acceptors (Lipinski definition) is 4. The fourth-order valence-corrected chi connectivity index (χ4v) is 4.60. The lowest BCUT2D eigenvalue weighted by Crippen LogP contribution is -2.49. The van der Waals surface area contributed by atoms with Gasteiger partial charge in [-0.15, -0.1) is 11.3 Å². The molecule has 6 heteroatoms. The number of nitrogens with one attached hydrogen (secondary N) is 1. The minimum atomic E-state index is 0.0484. The van der Waals surface area contributed by atoms with Crippen LogP contribution in [0.2, 0.25) is 0 Å². The first-order valence-electron chi connectivity index (χ1n) is 8.63. The highest BCUT2D eigenvalue weighted by Gasteiger charge is 2.20. The highest BCUT2D eigenvalue weighted by atomic mass is 79.9. The van der Waals surface area contributed by atoms with Gasteiger partial charge in [0.25, 0.3) is 0 Å². The van der Waals surface area contributed by atoms with E-state index in [-0.39, 0.29) is 11.9 Å². The number of thiophene rings is 1. The molecule has 1 atom stereocenters. The van der Waals surface area contributed by atoms with Crippen molar-refractivity contribution >= 4 is 33.2 Å². The molecule has 4 nitrogen and oxygen atoms in total. The Bertz CT molecular complexity index is 683. The van der Waals surface area contributed by atoms with E-state index in [2.05, 4.69) is 43.2 Å². The first-order valence-corrected chi connectivity index (χ1v) is 10.2. The molecule has 1 aliphatic rings. The molecule has 0 saturated carbocycles. The average Bonchev–Trinajstić information content (AvgIpc) is 3.02. The van der Waals surface area contributed by atoms with Crippen molar-refractivity contribution in [1.29, 1.82) is 0 Å². The van der Waals surface area contributed by atoms with Gasteiger partial charge in [0.05, 0.1) is 16.4 Å². The molecular weight excluding hydrogens is 398 g/mol. The van der Waals surface area contributed by atoms with Crippen LogP contribution in [0.25, 0.3) is 0 Å². The van der Waals surface area contributed by atoms with Crippen molar-refractivity contribution in [3.05, 3.63) is 56.7 Å². The molecule has 2 heterocycles. The molecular formula is C19H24BrN3OS. The fourth-order valence-electron chi connectivity index (χ4n) is 3.08. The number of carbonyl (C=O) groups excluding carboxylic acids is 1. The molecule has 3 rings (SSSR count). The van der Waals surface area contributed by atoms with Crippen LogP contribution in [-0.4, -0.2) is 48.4 Å². The lowest BCUT2D eigenvalue weighted by atomic mass is 10.1. The Morgan fingerprint density at radius 2 is 1.80 bits per heavy atom. The van der Waals surface area contributed by atoms with E-state index in [0.29, 0.717) is 6.54 Å². The molecule has 1 aromatic carbocycles. The highest BCUT2D eigenvalue weighted by Crippen LogP contribution is 2.23. The number of benzene rings is 1. The molecule has 134 valence electrons. The van der Waals surface area contributed by atoms with Crippen molar-refractivity contribution in [3.8, 4) is 0 Å². The van der Waals surface area contributed by atoms with Gasteiger partial charge in [-0.1, -0.05) is 30.3 Å². The van der Waals surface area contributed by atoms with Gasteiger partial charge in [0.2, 0.25) is 5.91 Å². The normalized spacial score (nSPS) is 17.4. The molecule has 0 radical (unpaired) electrons. The van der Waals surface area contributed by atoms with Crippen LogP contribution in [0.1, 0.15) is 23.4 Å². The third kappa shape index (κ3) is 5.64. The van der Waals surface area contributed by atoms with Gasteiger partial charge >= 0.3 is 0 Å². The summed E-state index contributed by atoms with van der Waals surface area (Å²) in [6, 6.07) is 14.4.